The zero-order chi connectivity index (χ0) is 16.7. The second-order valence-electron chi connectivity index (χ2n) is 4.77. The van der Waals surface area contributed by atoms with Crippen molar-refractivity contribution in [2.75, 3.05) is 13.1 Å². The van der Waals surface area contributed by atoms with Gasteiger partial charge in [-0.3, -0.25) is 14.6 Å². The number of rotatable bonds is 6. The molecule has 0 radical (unpaired) electrons. The van der Waals surface area contributed by atoms with Crippen LogP contribution in [0.15, 0.2) is 42.6 Å². The van der Waals surface area contributed by atoms with Gasteiger partial charge in [-0.25, -0.2) is 4.39 Å². The molecular formula is C16H15ClFN3O2. The van der Waals surface area contributed by atoms with Crippen LogP contribution >= 0.6 is 11.6 Å². The first kappa shape index (κ1) is 16.9. The molecule has 0 spiro atoms. The van der Waals surface area contributed by atoms with Gasteiger partial charge < -0.3 is 10.6 Å². The molecule has 1 aromatic heterocycles. The van der Waals surface area contributed by atoms with E-state index in [1.165, 1.54) is 24.4 Å². The molecule has 0 aliphatic carbocycles. The number of carbonyl (C=O) groups is 2. The van der Waals surface area contributed by atoms with Crippen LogP contribution in [0.3, 0.4) is 0 Å². The first-order chi connectivity index (χ1) is 11.0. The van der Waals surface area contributed by atoms with E-state index in [1.807, 2.05) is 0 Å². The van der Waals surface area contributed by atoms with Crippen LogP contribution in [-0.2, 0) is 11.2 Å². The Morgan fingerprint density at radius 3 is 2.74 bits per heavy atom. The number of benzene rings is 1. The summed E-state index contributed by atoms with van der Waals surface area (Å²) in [6.07, 6.45) is 1.92. The van der Waals surface area contributed by atoms with Gasteiger partial charge in [0.25, 0.3) is 5.91 Å². The number of amides is 2. The number of nitrogens with one attached hydrogen (secondary N) is 2. The summed E-state index contributed by atoms with van der Waals surface area (Å²) in [5.74, 6) is -1.13. The summed E-state index contributed by atoms with van der Waals surface area (Å²) in [7, 11) is 0. The van der Waals surface area contributed by atoms with E-state index in [9.17, 15) is 14.0 Å². The van der Waals surface area contributed by atoms with Gasteiger partial charge in [-0.1, -0.05) is 23.7 Å². The maximum atomic E-state index is 13.0. The maximum Gasteiger partial charge on any atom is 0.270 e. The Hall–Kier alpha value is -2.47. The molecule has 0 saturated carbocycles. The normalized spacial score (nSPS) is 10.2. The molecule has 7 heteroatoms. The van der Waals surface area contributed by atoms with E-state index >= 15 is 0 Å². The summed E-state index contributed by atoms with van der Waals surface area (Å²) < 4.78 is 13.0. The van der Waals surface area contributed by atoms with Gasteiger partial charge in [0.2, 0.25) is 5.91 Å². The predicted molar refractivity (Wildman–Crippen MR) is 84.7 cm³/mol. The van der Waals surface area contributed by atoms with Crippen molar-refractivity contribution in [3.8, 4) is 0 Å². The highest BCUT2D eigenvalue weighted by Gasteiger charge is 2.09. The van der Waals surface area contributed by atoms with E-state index in [0.29, 0.717) is 18.0 Å². The molecule has 2 aromatic rings. The minimum atomic E-state index is -0.479. The largest absolute Gasteiger partial charge is 0.354 e. The molecule has 0 unspecified atom stereocenters. The van der Waals surface area contributed by atoms with Gasteiger partial charge in [-0.15, -0.1) is 0 Å². The van der Waals surface area contributed by atoms with Crippen LogP contribution in [0, 0.1) is 5.82 Å². The molecule has 5 nitrogen and oxygen atoms in total. The third-order valence-corrected chi connectivity index (χ3v) is 3.22. The van der Waals surface area contributed by atoms with Crippen molar-refractivity contribution >= 4 is 23.4 Å². The van der Waals surface area contributed by atoms with Crippen LogP contribution < -0.4 is 10.6 Å². The van der Waals surface area contributed by atoms with Gasteiger partial charge in [0, 0.05) is 17.8 Å². The molecule has 2 rings (SSSR count). The minimum Gasteiger partial charge on any atom is -0.354 e. The highest BCUT2D eigenvalue weighted by atomic mass is 35.5. The second-order valence-corrected chi connectivity index (χ2v) is 5.21. The average molecular weight is 336 g/mol. The van der Waals surface area contributed by atoms with Gasteiger partial charge in [-0.05, 0) is 36.2 Å². The number of hydrogen-bond acceptors (Lipinski definition) is 3. The van der Waals surface area contributed by atoms with Crippen molar-refractivity contribution in [3.05, 3.63) is 64.7 Å². The van der Waals surface area contributed by atoms with Crippen molar-refractivity contribution in [2.24, 2.45) is 0 Å². The Morgan fingerprint density at radius 1 is 1.17 bits per heavy atom. The number of pyridine rings is 1. The quantitative estimate of drug-likeness (QED) is 0.847. The SMILES string of the molecule is O=C(CNC(=O)c1cc(Cl)ccn1)NCCc1cccc(F)c1. The number of hydrogen-bond donors (Lipinski definition) is 2. The average Bonchev–Trinajstić information content (AvgIpc) is 2.52. The van der Waals surface area contributed by atoms with Crippen molar-refractivity contribution < 1.29 is 14.0 Å². The highest BCUT2D eigenvalue weighted by molar-refractivity contribution is 6.30. The van der Waals surface area contributed by atoms with Crippen molar-refractivity contribution in [1.82, 2.24) is 15.6 Å². The third kappa shape index (κ3) is 5.67. The summed E-state index contributed by atoms with van der Waals surface area (Å²) in [4.78, 5) is 27.3. The molecule has 1 heterocycles. The van der Waals surface area contributed by atoms with E-state index in [0.717, 1.165) is 5.56 Å². The lowest BCUT2D eigenvalue weighted by atomic mass is 10.1. The molecule has 120 valence electrons. The van der Waals surface area contributed by atoms with Gasteiger partial charge in [0.05, 0.1) is 6.54 Å². The fourth-order valence-electron chi connectivity index (χ4n) is 1.88. The number of aromatic nitrogens is 1. The minimum absolute atomic E-state index is 0.144. The van der Waals surface area contributed by atoms with E-state index in [-0.39, 0.29) is 24.0 Å². The van der Waals surface area contributed by atoms with E-state index in [2.05, 4.69) is 15.6 Å². The lowest BCUT2D eigenvalue weighted by molar-refractivity contribution is -0.120. The number of carbonyl (C=O) groups excluding carboxylic acids is 2. The molecule has 0 fully saturated rings. The molecule has 0 aliphatic heterocycles. The summed E-state index contributed by atoms with van der Waals surface area (Å²) in [6.45, 7) is 0.184. The Kier molecular flexibility index (Phi) is 6.05. The monoisotopic (exact) mass is 335 g/mol. The summed E-state index contributed by atoms with van der Waals surface area (Å²) in [5.41, 5.74) is 0.933. The van der Waals surface area contributed by atoms with Crippen LogP contribution in [0.2, 0.25) is 5.02 Å². The van der Waals surface area contributed by atoms with E-state index in [1.54, 1.807) is 18.2 Å². The smallest absolute Gasteiger partial charge is 0.270 e. The predicted octanol–water partition coefficient (Wildman–Crippen LogP) is 1.96. The summed E-state index contributed by atoms with van der Waals surface area (Å²) in [6, 6.07) is 9.14. The van der Waals surface area contributed by atoms with Gasteiger partial charge >= 0.3 is 0 Å². The lowest BCUT2D eigenvalue weighted by Crippen LogP contribution is -2.37. The zero-order valence-electron chi connectivity index (χ0n) is 12.2. The standard InChI is InChI=1S/C16H15ClFN3O2/c17-12-5-7-19-14(9-12)16(23)21-10-15(22)20-6-4-11-2-1-3-13(18)8-11/h1-3,5,7-9H,4,6,10H2,(H,20,22)(H,21,23). The molecular weight excluding hydrogens is 321 g/mol. The van der Waals surface area contributed by atoms with E-state index in [4.69, 9.17) is 11.6 Å². The highest BCUT2D eigenvalue weighted by Crippen LogP contribution is 2.07. The first-order valence-electron chi connectivity index (χ1n) is 6.95. The van der Waals surface area contributed by atoms with Gasteiger partial charge in [0.1, 0.15) is 11.5 Å². The third-order valence-electron chi connectivity index (χ3n) is 2.99. The molecule has 0 aliphatic rings. The Bertz CT molecular complexity index is 709. The Labute approximate surface area is 137 Å². The van der Waals surface area contributed by atoms with Crippen LogP contribution in [0.1, 0.15) is 16.1 Å². The molecule has 0 atom stereocenters. The van der Waals surface area contributed by atoms with Crippen LogP contribution in [-0.4, -0.2) is 29.9 Å². The molecule has 0 bridgehead atoms. The molecule has 0 saturated heterocycles. The van der Waals surface area contributed by atoms with Crippen molar-refractivity contribution in [3.63, 3.8) is 0 Å². The van der Waals surface area contributed by atoms with Gasteiger partial charge in [0.15, 0.2) is 0 Å². The van der Waals surface area contributed by atoms with Gasteiger partial charge in [-0.2, -0.15) is 0 Å². The van der Waals surface area contributed by atoms with Crippen LogP contribution in [0.5, 0.6) is 0 Å². The Morgan fingerprint density at radius 2 is 2.00 bits per heavy atom. The molecule has 2 amide bonds. The summed E-state index contributed by atoms with van der Waals surface area (Å²) in [5, 5.41) is 5.49. The topological polar surface area (TPSA) is 71.1 Å². The first-order valence-corrected chi connectivity index (χ1v) is 7.33. The molecule has 1 aromatic carbocycles. The van der Waals surface area contributed by atoms with E-state index < -0.39 is 5.91 Å². The maximum absolute atomic E-state index is 13.0. The van der Waals surface area contributed by atoms with Crippen LogP contribution in [0.4, 0.5) is 4.39 Å². The summed E-state index contributed by atoms with van der Waals surface area (Å²) >= 11 is 5.76. The zero-order valence-corrected chi connectivity index (χ0v) is 12.9. The fourth-order valence-corrected chi connectivity index (χ4v) is 2.04. The number of nitrogens with zero attached hydrogens (tertiary/aromatic N) is 1. The van der Waals surface area contributed by atoms with Crippen LogP contribution in [0.25, 0.3) is 0 Å². The Balaban J connectivity index is 1.72. The fraction of sp³-hybridized carbons (Fsp3) is 0.188. The molecule has 23 heavy (non-hydrogen) atoms. The molecule has 2 N–H and O–H groups in total. The lowest BCUT2D eigenvalue weighted by Gasteiger charge is -2.07. The number of halogens is 2. The van der Waals surface area contributed by atoms with Crippen molar-refractivity contribution in [1.29, 1.82) is 0 Å². The van der Waals surface area contributed by atoms with Crippen molar-refractivity contribution in [2.45, 2.75) is 6.42 Å². The second kappa shape index (κ2) is 8.24.